The van der Waals surface area contributed by atoms with Gasteiger partial charge in [0.25, 0.3) is 11.5 Å². The van der Waals surface area contributed by atoms with Gasteiger partial charge in [-0.1, -0.05) is 24.3 Å². The predicted octanol–water partition coefficient (Wildman–Crippen LogP) is 2.14. The number of amides is 2. The summed E-state index contributed by atoms with van der Waals surface area (Å²) in [4.78, 5) is 41.8. The van der Waals surface area contributed by atoms with Crippen molar-refractivity contribution < 1.29 is 14.3 Å². The van der Waals surface area contributed by atoms with E-state index in [2.05, 4.69) is 16.3 Å². The number of piperazine rings is 1. The largest absolute Gasteiger partial charge is 0.492 e. The van der Waals surface area contributed by atoms with Gasteiger partial charge in [0, 0.05) is 50.3 Å². The smallest absolute Gasteiger partial charge is 0.272 e. The molecule has 1 saturated heterocycles. The topological polar surface area (TPSA) is 95.6 Å². The summed E-state index contributed by atoms with van der Waals surface area (Å²) in [7, 11) is 0. The number of carbonyl (C=O) groups excluding carboxylic acids is 2. The number of aromatic amines is 1. The first kappa shape index (κ1) is 20.9. The summed E-state index contributed by atoms with van der Waals surface area (Å²) >= 11 is 0. The van der Waals surface area contributed by atoms with Crippen LogP contribution in [-0.4, -0.2) is 64.6 Å². The van der Waals surface area contributed by atoms with Gasteiger partial charge in [0.15, 0.2) is 0 Å². The van der Waals surface area contributed by atoms with E-state index in [9.17, 15) is 14.4 Å². The van der Waals surface area contributed by atoms with Gasteiger partial charge in [-0.2, -0.15) is 5.10 Å². The first-order valence-corrected chi connectivity index (χ1v) is 11.9. The van der Waals surface area contributed by atoms with Crippen molar-refractivity contribution in [3.05, 3.63) is 69.1 Å². The first-order valence-electron chi connectivity index (χ1n) is 11.9. The number of hydrogen-bond acceptors (Lipinski definition) is 5. The molecule has 0 spiro atoms. The fraction of sp³-hybridized carbons (Fsp3) is 0.385. The second kappa shape index (κ2) is 8.27. The molecule has 6 rings (SSSR count). The average Bonchev–Trinajstić information content (AvgIpc) is 3.62. The van der Waals surface area contributed by atoms with Gasteiger partial charge in [-0.25, -0.2) is 5.10 Å². The Labute approximate surface area is 196 Å². The maximum Gasteiger partial charge on any atom is 0.272 e. The molecule has 1 saturated carbocycles. The van der Waals surface area contributed by atoms with Crippen molar-refractivity contribution in [1.29, 1.82) is 0 Å². The lowest BCUT2D eigenvalue weighted by molar-refractivity contribution is -0.134. The van der Waals surface area contributed by atoms with E-state index >= 15 is 0 Å². The second-order valence-corrected chi connectivity index (χ2v) is 9.34. The molecule has 0 radical (unpaired) electrons. The fourth-order valence-electron chi connectivity index (χ4n) is 5.02. The molecular formula is C26H26N4O4. The van der Waals surface area contributed by atoms with E-state index in [0.717, 1.165) is 41.5 Å². The maximum atomic E-state index is 13.5. The Morgan fingerprint density at radius 2 is 1.76 bits per heavy atom. The molecule has 174 valence electrons. The Morgan fingerprint density at radius 3 is 2.53 bits per heavy atom. The number of aromatic nitrogens is 2. The average molecular weight is 459 g/mol. The summed E-state index contributed by atoms with van der Waals surface area (Å²) in [5.41, 5.74) is 3.11. The monoisotopic (exact) mass is 458 g/mol. The summed E-state index contributed by atoms with van der Waals surface area (Å²) in [6.07, 6.45) is 3.24. The highest BCUT2D eigenvalue weighted by molar-refractivity contribution is 5.98. The number of rotatable bonds is 4. The SMILES string of the molecule is O=C(c1cc(Cc2n[nH]c(=O)c3ccccc23)cc2c1OCC2)N1CCN(C(=O)C2CC2)CC1. The zero-order valence-corrected chi connectivity index (χ0v) is 18.9. The lowest BCUT2D eigenvalue weighted by Crippen LogP contribution is -2.51. The number of benzene rings is 2. The van der Waals surface area contributed by atoms with Crippen LogP contribution in [0, 0.1) is 5.92 Å². The van der Waals surface area contributed by atoms with E-state index in [4.69, 9.17) is 4.74 Å². The number of fused-ring (bicyclic) bond motifs is 2. The van der Waals surface area contributed by atoms with E-state index in [0.29, 0.717) is 55.9 Å². The quantitative estimate of drug-likeness (QED) is 0.646. The number of ether oxygens (including phenoxy) is 1. The van der Waals surface area contributed by atoms with Gasteiger partial charge in [0.2, 0.25) is 5.91 Å². The molecule has 3 aromatic rings. The summed E-state index contributed by atoms with van der Waals surface area (Å²) in [6.45, 7) is 2.78. The lowest BCUT2D eigenvalue weighted by Gasteiger charge is -2.35. The third kappa shape index (κ3) is 3.73. The standard InChI is InChI=1S/C26H26N4O4/c31-24-20-4-2-1-3-19(20)22(27-28-24)15-16-13-18-7-12-34-23(18)21(14-16)26(33)30-10-8-29(9-11-30)25(32)17-5-6-17/h1-4,13-14,17H,5-12,15H2,(H,28,31). The van der Waals surface area contributed by atoms with Crippen molar-refractivity contribution in [1.82, 2.24) is 20.0 Å². The highest BCUT2D eigenvalue weighted by Gasteiger charge is 2.36. The number of carbonyl (C=O) groups is 2. The summed E-state index contributed by atoms with van der Waals surface area (Å²) < 4.78 is 5.86. The van der Waals surface area contributed by atoms with Crippen molar-refractivity contribution in [2.45, 2.75) is 25.7 Å². The Morgan fingerprint density at radius 1 is 1.03 bits per heavy atom. The Hall–Kier alpha value is -3.68. The predicted molar refractivity (Wildman–Crippen MR) is 126 cm³/mol. The summed E-state index contributed by atoms with van der Waals surface area (Å²) in [5.74, 6) is 1.05. The molecule has 0 bridgehead atoms. The molecule has 2 amide bonds. The van der Waals surface area contributed by atoms with Crippen molar-refractivity contribution >= 4 is 22.6 Å². The minimum atomic E-state index is -0.211. The number of nitrogens with zero attached hydrogens (tertiary/aromatic N) is 3. The molecule has 2 fully saturated rings. The normalized spacial score (nSPS) is 17.5. The van der Waals surface area contributed by atoms with E-state index in [-0.39, 0.29) is 23.3 Å². The Bertz CT molecular complexity index is 1350. The molecule has 3 heterocycles. The van der Waals surface area contributed by atoms with Gasteiger partial charge < -0.3 is 14.5 Å². The van der Waals surface area contributed by atoms with Crippen LogP contribution in [0.2, 0.25) is 0 Å². The van der Waals surface area contributed by atoms with Gasteiger partial charge in [-0.3, -0.25) is 14.4 Å². The van der Waals surface area contributed by atoms with Crippen LogP contribution in [0.15, 0.2) is 41.2 Å². The van der Waals surface area contributed by atoms with Crippen molar-refractivity contribution in [2.75, 3.05) is 32.8 Å². The minimum Gasteiger partial charge on any atom is -0.492 e. The Balaban J connectivity index is 1.27. The molecular weight excluding hydrogens is 432 g/mol. The van der Waals surface area contributed by atoms with Crippen LogP contribution < -0.4 is 10.3 Å². The summed E-state index contributed by atoms with van der Waals surface area (Å²) in [6, 6.07) is 11.4. The van der Waals surface area contributed by atoms with Gasteiger partial charge in [0.1, 0.15) is 5.75 Å². The van der Waals surface area contributed by atoms with Gasteiger partial charge >= 0.3 is 0 Å². The lowest BCUT2D eigenvalue weighted by atomic mass is 9.98. The fourth-order valence-corrected chi connectivity index (χ4v) is 5.02. The highest BCUT2D eigenvalue weighted by Crippen LogP contribution is 2.34. The van der Waals surface area contributed by atoms with Gasteiger partial charge in [-0.05, 0) is 36.1 Å². The van der Waals surface area contributed by atoms with Crippen LogP contribution in [0.25, 0.3) is 10.8 Å². The number of H-pyrrole nitrogens is 1. The molecule has 1 N–H and O–H groups in total. The zero-order chi connectivity index (χ0) is 23.2. The molecule has 1 aliphatic carbocycles. The molecule has 1 aromatic heterocycles. The van der Waals surface area contributed by atoms with Gasteiger partial charge in [0.05, 0.1) is 23.3 Å². The van der Waals surface area contributed by atoms with Crippen molar-refractivity contribution in [2.24, 2.45) is 5.92 Å². The molecule has 2 aromatic carbocycles. The number of nitrogens with one attached hydrogen (secondary N) is 1. The van der Waals surface area contributed by atoms with Gasteiger partial charge in [-0.15, -0.1) is 0 Å². The third-order valence-electron chi connectivity index (χ3n) is 7.03. The zero-order valence-electron chi connectivity index (χ0n) is 18.9. The van der Waals surface area contributed by atoms with E-state index in [1.54, 1.807) is 6.07 Å². The maximum absolute atomic E-state index is 13.5. The van der Waals surface area contributed by atoms with Crippen LogP contribution in [0.5, 0.6) is 5.75 Å². The first-order chi connectivity index (χ1) is 16.6. The van der Waals surface area contributed by atoms with Crippen LogP contribution in [0.4, 0.5) is 0 Å². The van der Waals surface area contributed by atoms with E-state index in [1.807, 2.05) is 34.1 Å². The molecule has 3 aliphatic rings. The van der Waals surface area contributed by atoms with E-state index < -0.39 is 0 Å². The van der Waals surface area contributed by atoms with Crippen molar-refractivity contribution in [3.8, 4) is 5.75 Å². The minimum absolute atomic E-state index is 0.0576. The molecule has 2 aliphatic heterocycles. The van der Waals surface area contributed by atoms with Crippen LogP contribution >= 0.6 is 0 Å². The highest BCUT2D eigenvalue weighted by atomic mass is 16.5. The molecule has 8 heteroatoms. The second-order valence-electron chi connectivity index (χ2n) is 9.34. The molecule has 8 nitrogen and oxygen atoms in total. The molecule has 0 unspecified atom stereocenters. The third-order valence-corrected chi connectivity index (χ3v) is 7.03. The van der Waals surface area contributed by atoms with Crippen molar-refractivity contribution in [3.63, 3.8) is 0 Å². The van der Waals surface area contributed by atoms with Crippen LogP contribution in [0.3, 0.4) is 0 Å². The number of hydrogen-bond donors (Lipinski definition) is 1. The molecule has 0 atom stereocenters. The Kier molecular flexibility index (Phi) is 5.08. The van der Waals surface area contributed by atoms with Crippen LogP contribution in [-0.2, 0) is 17.6 Å². The summed E-state index contributed by atoms with van der Waals surface area (Å²) in [5, 5.41) is 8.31. The molecule has 34 heavy (non-hydrogen) atoms. The van der Waals surface area contributed by atoms with E-state index in [1.165, 1.54) is 0 Å². The van der Waals surface area contributed by atoms with Crippen LogP contribution in [0.1, 0.15) is 40.0 Å².